The highest BCUT2D eigenvalue weighted by atomic mass is 16.5. The number of para-hydroxylation sites is 1. The number of nitrogens with one attached hydrogen (secondary N) is 1. The van der Waals surface area contributed by atoms with Crippen molar-refractivity contribution in [2.45, 2.75) is 73.1 Å². The van der Waals surface area contributed by atoms with Crippen LogP contribution >= 0.6 is 0 Å². The molecule has 0 aliphatic heterocycles. The van der Waals surface area contributed by atoms with E-state index in [1.807, 2.05) is 36.4 Å². The number of amides is 1. The summed E-state index contributed by atoms with van der Waals surface area (Å²) >= 11 is 0. The Morgan fingerprint density at radius 1 is 0.767 bits per heavy atom. The van der Waals surface area contributed by atoms with Crippen molar-refractivity contribution in [1.29, 1.82) is 0 Å². The third-order valence-electron chi connectivity index (χ3n) is 4.82. The van der Waals surface area contributed by atoms with Crippen LogP contribution in [-0.4, -0.2) is 12.7 Å². The monoisotopic (exact) mass is 409 g/mol. The van der Waals surface area contributed by atoms with Gasteiger partial charge in [-0.15, -0.1) is 0 Å². The van der Waals surface area contributed by atoms with Crippen LogP contribution in [0, 0.1) is 0 Å². The topological polar surface area (TPSA) is 38.3 Å². The molecule has 1 aromatic rings. The minimum Gasteiger partial charge on any atom is -0.445 e. The first-order valence-corrected chi connectivity index (χ1v) is 11.0. The van der Waals surface area contributed by atoms with Crippen molar-refractivity contribution in [1.82, 2.24) is 0 Å². The van der Waals surface area contributed by atoms with Crippen molar-refractivity contribution >= 4 is 11.8 Å². The molecule has 0 spiro atoms. The smallest absolute Gasteiger partial charge is 0.411 e. The molecule has 30 heavy (non-hydrogen) atoms. The van der Waals surface area contributed by atoms with Gasteiger partial charge in [-0.05, 0) is 91.4 Å². The lowest BCUT2D eigenvalue weighted by Gasteiger charge is -2.06. The Morgan fingerprint density at radius 3 is 1.80 bits per heavy atom. The molecule has 3 heteroatoms. The summed E-state index contributed by atoms with van der Waals surface area (Å²) in [6.45, 7) is 11.1. The summed E-state index contributed by atoms with van der Waals surface area (Å²) in [7, 11) is 0. The summed E-state index contributed by atoms with van der Waals surface area (Å²) in [5.41, 5.74) is 6.29. The van der Waals surface area contributed by atoms with Crippen LogP contribution in [0.15, 0.2) is 76.9 Å². The summed E-state index contributed by atoms with van der Waals surface area (Å²) in [6, 6.07) is 9.32. The number of anilines is 1. The van der Waals surface area contributed by atoms with Crippen molar-refractivity contribution in [3.05, 3.63) is 76.9 Å². The zero-order valence-electron chi connectivity index (χ0n) is 19.5. The maximum atomic E-state index is 11.8. The van der Waals surface area contributed by atoms with Crippen LogP contribution in [0.1, 0.15) is 73.1 Å². The van der Waals surface area contributed by atoms with Crippen LogP contribution in [-0.2, 0) is 4.74 Å². The minimum absolute atomic E-state index is 0.296. The van der Waals surface area contributed by atoms with Gasteiger partial charge in [0.1, 0.15) is 6.61 Å². The van der Waals surface area contributed by atoms with E-state index in [1.54, 1.807) is 0 Å². The SMILES string of the molecule is CC(C)=CCC/C(C)=C/CC/C(C)=C/CC/C(C)=C/COC(=O)Nc1ccccc1. The van der Waals surface area contributed by atoms with Gasteiger partial charge in [0.15, 0.2) is 0 Å². The predicted molar refractivity (Wildman–Crippen MR) is 130 cm³/mol. The van der Waals surface area contributed by atoms with Crippen LogP contribution in [0.3, 0.4) is 0 Å². The number of hydrogen-bond donors (Lipinski definition) is 1. The van der Waals surface area contributed by atoms with E-state index in [9.17, 15) is 4.79 Å². The number of carbonyl (C=O) groups excluding carboxylic acids is 1. The molecule has 0 saturated heterocycles. The van der Waals surface area contributed by atoms with E-state index in [2.05, 4.69) is 58.2 Å². The van der Waals surface area contributed by atoms with Crippen LogP contribution in [0.2, 0.25) is 0 Å². The van der Waals surface area contributed by atoms with Crippen molar-refractivity contribution in [3.63, 3.8) is 0 Å². The highest BCUT2D eigenvalue weighted by Gasteiger charge is 2.01. The summed E-state index contributed by atoms with van der Waals surface area (Å²) in [5, 5.41) is 2.71. The Morgan fingerprint density at radius 2 is 1.27 bits per heavy atom. The quantitative estimate of drug-likeness (QED) is 0.352. The second-order valence-electron chi connectivity index (χ2n) is 8.14. The first-order valence-electron chi connectivity index (χ1n) is 11.0. The summed E-state index contributed by atoms with van der Waals surface area (Å²) in [4.78, 5) is 11.8. The van der Waals surface area contributed by atoms with E-state index < -0.39 is 6.09 Å². The molecule has 0 radical (unpaired) electrons. The number of hydrogen-bond acceptors (Lipinski definition) is 2. The summed E-state index contributed by atoms with van der Waals surface area (Å²) < 4.78 is 5.21. The van der Waals surface area contributed by atoms with Crippen LogP contribution < -0.4 is 5.32 Å². The van der Waals surface area contributed by atoms with Gasteiger partial charge in [0, 0.05) is 5.69 Å². The number of allylic oxidation sites excluding steroid dienone is 7. The second-order valence-corrected chi connectivity index (χ2v) is 8.14. The molecule has 164 valence electrons. The third kappa shape index (κ3) is 13.6. The Bertz CT molecular complexity index is 750. The van der Waals surface area contributed by atoms with E-state index in [1.165, 1.54) is 22.3 Å². The fourth-order valence-electron chi connectivity index (χ4n) is 2.92. The van der Waals surface area contributed by atoms with Gasteiger partial charge < -0.3 is 4.74 Å². The molecule has 0 unspecified atom stereocenters. The average molecular weight is 410 g/mol. The van der Waals surface area contributed by atoms with Crippen molar-refractivity contribution in [2.75, 3.05) is 11.9 Å². The third-order valence-corrected chi connectivity index (χ3v) is 4.82. The van der Waals surface area contributed by atoms with Gasteiger partial charge in [0.05, 0.1) is 0 Å². The average Bonchev–Trinajstić information content (AvgIpc) is 2.68. The van der Waals surface area contributed by atoms with Gasteiger partial charge in [0.2, 0.25) is 0 Å². The first kappa shape index (κ1) is 25.5. The molecule has 0 aliphatic rings. The lowest BCUT2D eigenvalue weighted by Crippen LogP contribution is -2.13. The normalized spacial score (nSPS) is 12.5. The number of ether oxygens (including phenoxy) is 1. The zero-order valence-corrected chi connectivity index (χ0v) is 19.5. The lowest BCUT2D eigenvalue weighted by atomic mass is 10.0. The molecule has 1 rings (SSSR count). The van der Waals surface area contributed by atoms with E-state index in [4.69, 9.17) is 4.74 Å². The molecule has 1 aromatic carbocycles. The fourth-order valence-corrected chi connectivity index (χ4v) is 2.92. The Hall–Kier alpha value is -2.55. The standard InChI is InChI=1S/C27H39NO2/c1-22(2)12-9-13-23(3)14-10-15-24(4)16-11-17-25(5)20-21-30-27(29)28-26-18-7-6-8-19-26/h6-8,12,14,16,18-20H,9-11,13,15,17,21H2,1-5H3,(H,28,29)/b23-14+,24-16+,25-20+. The maximum Gasteiger partial charge on any atom is 0.411 e. The fraction of sp³-hybridized carbons (Fsp3) is 0.444. The molecule has 0 aromatic heterocycles. The summed E-state index contributed by atoms with van der Waals surface area (Å²) in [5.74, 6) is 0. The molecule has 0 aliphatic carbocycles. The Kier molecular flexibility index (Phi) is 13.0. The Balaban J connectivity index is 2.21. The minimum atomic E-state index is -0.426. The van der Waals surface area contributed by atoms with Gasteiger partial charge >= 0.3 is 6.09 Å². The van der Waals surface area contributed by atoms with E-state index in [0.29, 0.717) is 6.61 Å². The molecule has 0 bridgehead atoms. The second kappa shape index (κ2) is 15.3. The van der Waals surface area contributed by atoms with E-state index in [-0.39, 0.29) is 0 Å². The van der Waals surface area contributed by atoms with Gasteiger partial charge in [-0.1, -0.05) is 58.7 Å². The molecule has 1 N–H and O–H groups in total. The predicted octanol–water partition coefficient (Wildman–Crippen LogP) is 8.38. The molecule has 0 saturated carbocycles. The maximum absolute atomic E-state index is 11.8. The van der Waals surface area contributed by atoms with Crippen LogP contribution in [0.4, 0.5) is 10.5 Å². The number of rotatable bonds is 12. The van der Waals surface area contributed by atoms with Crippen LogP contribution in [0.25, 0.3) is 0 Å². The van der Waals surface area contributed by atoms with E-state index in [0.717, 1.165) is 44.2 Å². The Labute approximate surface area is 183 Å². The molecule has 0 atom stereocenters. The summed E-state index contributed by atoms with van der Waals surface area (Å²) in [6.07, 6.45) is 15.1. The number of benzene rings is 1. The van der Waals surface area contributed by atoms with Gasteiger partial charge in [-0.3, -0.25) is 5.32 Å². The number of carbonyl (C=O) groups is 1. The first-order chi connectivity index (χ1) is 14.4. The highest BCUT2D eigenvalue weighted by molar-refractivity contribution is 5.84. The van der Waals surface area contributed by atoms with Crippen molar-refractivity contribution in [3.8, 4) is 0 Å². The zero-order chi connectivity index (χ0) is 22.2. The van der Waals surface area contributed by atoms with Gasteiger partial charge in [0.25, 0.3) is 0 Å². The van der Waals surface area contributed by atoms with Crippen LogP contribution in [0.5, 0.6) is 0 Å². The van der Waals surface area contributed by atoms with Gasteiger partial charge in [-0.2, -0.15) is 0 Å². The molecular formula is C27H39NO2. The molecule has 3 nitrogen and oxygen atoms in total. The molecule has 1 amide bonds. The van der Waals surface area contributed by atoms with Crippen molar-refractivity contribution < 1.29 is 9.53 Å². The van der Waals surface area contributed by atoms with Gasteiger partial charge in [-0.25, -0.2) is 4.79 Å². The largest absolute Gasteiger partial charge is 0.445 e. The molecule has 0 heterocycles. The molecular weight excluding hydrogens is 370 g/mol. The highest BCUT2D eigenvalue weighted by Crippen LogP contribution is 2.13. The van der Waals surface area contributed by atoms with E-state index >= 15 is 0 Å². The molecule has 0 fully saturated rings. The lowest BCUT2D eigenvalue weighted by molar-refractivity contribution is 0.174. The van der Waals surface area contributed by atoms with Crippen molar-refractivity contribution in [2.24, 2.45) is 0 Å².